The fraction of sp³-hybridized carbons (Fsp3) is 0.680. The third-order valence-corrected chi connectivity index (χ3v) is 7.89. The number of carbonyl (C=O) groups is 2. The van der Waals surface area contributed by atoms with Gasteiger partial charge in [-0.1, -0.05) is 11.6 Å². The highest BCUT2D eigenvalue weighted by Crippen LogP contribution is 2.31. The molecule has 1 aromatic rings. The number of piperidine rings is 2. The summed E-state index contributed by atoms with van der Waals surface area (Å²) in [6, 6.07) is 3.14. The largest absolute Gasteiger partial charge is 0.496 e. The molecule has 0 radical (unpaired) electrons. The number of anilines is 1. The maximum absolute atomic E-state index is 13.6. The van der Waals surface area contributed by atoms with Crippen LogP contribution in [0.5, 0.6) is 5.75 Å². The Morgan fingerprint density at radius 2 is 1.82 bits per heavy atom. The number of halogens is 1. The Bertz CT molecular complexity index is 863. The second kappa shape index (κ2) is 11.7. The van der Waals surface area contributed by atoms with Gasteiger partial charge in [-0.2, -0.15) is 0 Å². The summed E-state index contributed by atoms with van der Waals surface area (Å²) in [5.74, 6) is 1.09. The first-order valence-corrected chi connectivity index (χ1v) is 12.9. The van der Waals surface area contributed by atoms with Crippen molar-refractivity contribution in [2.24, 2.45) is 11.8 Å². The molecule has 3 saturated heterocycles. The summed E-state index contributed by atoms with van der Waals surface area (Å²) < 4.78 is 10.8. The number of benzene rings is 1. The van der Waals surface area contributed by atoms with E-state index in [4.69, 9.17) is 26.8 Å². The van der Waals surface area contributed by atoms with Crippen LogP contribution in [-0.2, 0) is 9.53 Å². The smallest absolute Gasteiger partial charge is 0.255 e. The van der Waals surface area contributed by atoms with Crippen LogP contribution in [0.2, 0.25) is 5.02 Å². The van der Waals surface area contributed by atoms with Gasteiger partial charge in [0.1, 0.15) is 5.75 Å². The van der Waals surface area contributed by atoms with E-state index in [1.165, 1.54) is 7.11 Å². The molecule has 0 aromatic heterocycles. The predicted molar refractivity (Wildman–Crippen MR) is 132 cm³/mol. The minimum absolute atomic E-state index is 0.0298. The van der Waals surface area contributed by atoms with Crippen LogP contribution < -0.4 is 21.1 Å². The number of amides is 1. The Labute approximate surface area is 206 Å². The zero-order chi connectivity index (χ0) is 24.1. The third kappa shape index (κ3) is 5.85. The maximum atomic E-state index is 13.6. The minimum atomic E-state index is -0.217. The summed E-state index contributed by atoms with van der Waals surface area (Å²) in [5, 5.41) is 6.89. The van der Waals surface area contributed by atoms with Gasteiger partial charge in [0.15, 0.2) is 5.78 Å². The second-order valence-electron chi connectivity index (χ2n) is 9.68. The van der Waals surface area contributed by atoms with E-state index in [0.29, 0.717) is 46.9 Å². The van der Waals surface area contributed by atoms with Crippen molar-refractivity contribution in [1.82, 2.24) is 15.5 Å². The number of carbonyl (C=O) groups excluding carboxylic acids is 2. The zero-order valence-corrected chi connectivity index (χ0v) is 20.7. The number of hydrogen-bond donors (Lipinski definition) is 3. The lowest BCUT2D eigenvalue weighted by molar-refractivity contribution is -0.134. The van der Waals surface area contributed by atoms with Crippen molar-refractivity contribution in [2.75, 3.05) is 52.2 Å². The monoisotopic (exact) mass is 492 g/mol. The van der Waals surface area contributed by atoms with Crippen LogP contribution >= 0.6 is 11.6 Å². The molecule has 1 aromatic carbocycles. The summed E-state index contributed by atoms with van der Waals surface area (Å²) in [6.07, 6.45) is 5.35. The van der Waals surface area contributed by atoms with Gasteiger partial charge in [0.2, 0.25) is 0 Å². The van der Waals surface area contributed by atoms with Crippen molar-refractivity contribution in [3.8, 4) is 5.75 Å². The van der Waals surface area contributed by atoms with Gasteiger partial charge in [-0.15, -0.1) is 0 Å². The predicted octanol–water partition coefficient (Wildman–Crippen LogP) is 2.49. The molecule has 4 rings (SSSR count). The lowest BCUT2D eigenvalue weighted by Gasteiger charge is -2.43. The number of rotatable bonds is 7. The minimum Gasteiger partial charge on any atom is -0.496 e. The maximum Gasteiger partial charge on any atom is 0.255 e. The fourth-order valence-electron chi connectivity index (χ4n) is 5.59. The molecule has 1 atom stereocenters. The first-order valence-electron chi connectivity index (χ1n) is 12.5. The van der Waals surface area contributed by atoms with Crippen molar-refractivity contribution in [3.05, 3.63) is 22.7 Å². The highest BCUT2D eigenvalue weighted by molar-refractivity contribution is 6.33. The van der Waals surface area contributed by atoms with Gasteiger partial charge in [-0.05, 0) is 63.6 Å². The zero-order valence-electron chi connectivity index (χ0n) is 20.0. The number of nitrogens with two attached hydrogens (primary N) is 1. The van der Waals surface area contributed by atoms with Crippen LogP contribution in [-0.4, -0.2) is 75.2 Å². The van der Waals surface area contributed by atoms with Crippen molar-refractivity contribution < 1.29 is 19.1 Å². The van der Waals surface area contributed by atoms with Gasteiger partial charge in [-0.3, -0.25) is 14.5 Å². The molecule has 3 fully saturated rings. The van der Waals surface area contributed by atoms with E-state index in [0.717, 1.165) is 64.7 Å². The van der Waals surface area contributed by atoms with Gasteiger partial charge in [0, 0.05) is 44.3 Å². The average Bonchev–Trinajstić information content (AvgIpc) is 2.87. The second-order valence-corrected chi connectivity index (χ2v) is 10.1. The number of Topliss-reactive ketones (excluding diaryl/α,β-unsaturated/α-hetero) is 1. The molecule has 0 aliphatic carbocycles. The standard InChI is InChI=1S/C25H37ClN4O4/c1-33-22-15-21(27)20(26)14-19(22)25(32)29-18-4-10-30(11-5-18)23(16-2-8-28-9-3-16)24(31)17-6-12-34-13-7-17/h14-18,23,28H,2-13,27H2,1H3,(H,29,32). The number of likely N-dealkylation sites (tertiary alicyclic amines) is 1. The molecule has 0 saturated carbocycles. The number of ketones is 1. The molecule has 0 spiro atoms. The Morgan fingerprint density at radius 1 is 1.15 bits per heavy atom. The highest BCUT2D eigenvalue weighted by Gasteiger charge is 2.39. The Hall–Kier alpha value is -1.87. The molecular formula is C25H37ClN4O4. The summed E-state index contributed by atoms with van der Waals surface area (Å²) in [5.41, 5.74) is 6.60. The van der Waals surface area contributed by atoms with Crippen LogP contribution in [0.4, 0.5) is 5.69 Å². The number of nitrogens with one attached hydrogen (secondary N) is 2. The van der Waals surface area contributed by atoms with Crippen LogP contribution in [0, 0.1) is 11.8 Å². The van der Waals surface area contributed by atoms with Crippen molar-refractivity contribution >= 4 is 29.0 Å². The van der Waals surface area contributed by atoms with E-state index in [2.05, 4.69) is 15.5 Å². The SMILES string of the molecule is COc1cc(N)c(Cl)cc1C(=O)NC1CCN(C(C(=O)C2CCOCC2)C2CCNCC2)CC1. The van der Waals surface area contributed by atoms with E-state index < -0.39 is 0 Å². The van der Waals surface area contributed by atoms with Crippen LogP contribution in [0.25, 0.3) is 0 Å². The molecule has 3 aliphatic rings. The number of nitrogen functional groups attached to an aromatic ring is 1. The third-order valence-electron chi connectivity index (χ3n) is 7.57. The Balaban J connectivity index is 1.40. The summed E-state index contributed by atoms with van der Waals surface area (Å²) in [7, 11) is 1.51. The molecule has 3 aliphatic heterocycles. The summed E-state index contributed by atoms with van der Waals surface area (Å²) in [6.45, 7) is 4.91. The van der Waals surface area contributed by atoms with Gasteiger partial charge in [-0.25, -0.2) is 0 Å². The molecule has 4 N–H and O–H groups in total. The van der Waals surface area contributed by atoms with E-state index in [1.54, 1.807) is 12.1 Å². The van der Waals surface area contributed by atoms with E-state index in [-0.39, 0.29) is 23.9 Å². The van der Waals surface area contributed by atoms with Gasteiger partial charge in [0.05, 0.1) is 29.4 Å². The molecule has 1 amide bonds. The molecule has 1 unspecified atom stereocenters. The van der Waals surface area contributed by atoms with Crippen molar-refractivity contribution in [1.29, 1.82) is 0 Å². The lowest BCUT2D eigenvalue weighted by Crippen LogP contribution is -2.55. The summed E-state index contributed by atoms with van der Waals surface area (Å²) in [4.78, 5) is 29.0. The molecule has 188 valence electrons. The highest BCUT2D eigenvalue weighted by atomic mass is 35.5. The van der Waals surface area contributed by atoms with E-state index in [1.807, 2.05) is 0 Å². The van der Waals surface area contributed by atoms with Crippen LogP contribution in [0.15, 0.2) is 12.1 Å². The number of ether oxygens (including phenoxy) is 2. The molecule has 0 bridgehead atoms. The van der Waals surface area contributed by atoms with Crippen molar-refractivity contribution in [3.63, 3.8) is 0 Å². The Morgan fingerprint density at radius 3 is 2.47 bits per heavy atom. The van der Waals surface area contributed by atoms with E-state index in [9.17, 15) is 9.59 Å². The Kier molecular flexibility index (Phi) is 8.69. The van der Waals surface area contributed by atoms with E-state index >= 15 is 0 Å². The number of hydrogen-bond acceptors (Lipinski definition) is 7. The molecular weight excluding hydrogens is 456 g/mol. The molecule has 3 heterocycles. The van der Waals surface area contributed by atoms with Gasteiger partial charge < -0.3 is 25.8 Å². The number of methoxy groups -OCH3 is 1. The van der Waals surface area contributed by atoms with Gasteiger partial charge >= 0.3 is 0 Å². The lowest BCUT2D eigenvalue weighted by atomic mass is 9.79. The normalized spacial score (nSPS) is 22.3. The van der Waals surface area contributed by atoms with Gasteiger partial charge in [0.25, 0.3) is 5.91 Å². The first kappa shape index (κ1) is 25.2. The first-order chi connectivity index (χ1) is 16.5. The number of nitrogens with zero attached hydrogens (tertiary/aromatic N) is 1. The molecule has 34 heavy (non-hydrogen) atoms. The van der Waals surface area contributed by atoms with Crippen molar-refractivity contribution in [2.45, 2.75) is 50.6 Å². The van der Waals surface area contributed by atoms with Crippen LogP contribution in [0.3, 0.4) is 0 Å². The molecule has 8 nitrogen and oxygen atoms in total. The quantitative estimate of drug-likeness (QED) is 0.502. The topological polar surface area (TPSA) is 106 Å². The van der Waals surface area contributed by atoms with Crippen LogP contribution in [0.1, 0.15) is 48.9 Å². The average molecular weight is 493 g/mol. The fourth-order valence-corrected chi connectivity index (χ4v) is 5.76. The molecule has 9 heteroatoms. The summed E-state index contributed by atoms with van der Waals surface area (Å²) >= 11 is 6.14.